The lowest BCUT2D eigenvalue weighted by Crippen LogP contribution is -1.87. The molecule has 3 nitrogen and oxygen atoms in total. The molecule has 2 rings (SSSR count). The van der Waals surface area contributed by atoms with Gasteiger partial charge >= 0.3 is 0 Å². The maximum atomic E-state index is 9.08. The Labute approximate surface area is 104 Å². The summed E-state index contributed by atoms with van der Waals surface area (Å²) >= 11 is 5.79. The Morgan fingerprint density at radius 3 is 2.59 bits per heavy atom. The van der Waals surface area contributed by atoms with E-state index >= 15 is 0 Å². The van der Waals surface area contributed by atoms with Crippen LogP contribution in [0.5, 0.6) is 0 Å². The lowest BCUT2D eigenvalue weighted by atomic mass is 10.1. The molecule has 0 amide bonds. The molecular formula is C13H8ClN3. The van der Waals surface area contributed by atoms with Gasteiger partial charge in [-0.3, -0.25) is 9.97 Å². The number of benzene rings is 1. The van der Waals surface area contributed by atoms with E-state index in [1.54, 1.807) is 36.8 Å². The predicted octanol–water partition coefficient (Wildman–Crippen LogP) is 3.19. The van der Waals surface area contributed by atoms with Gasteiger partial charge in [0.25, 0.3) is 0 Å². The van der Waals surface area contributed by atoms with Crippen molar-refractivity contribution >= 4 is 23.3 Å². The molecule has 0 radical (unpaired) electrons. The summed E-state index contributed by atoms with van der Waals surface area (Å²) in [5.41, 5.74) is 1.93. The first kappa shape index (κ1) is 11.3. The van der Waals surface area contributed by atoms with Crippen LogP contribution in [0.2, 0.25) is 5.02 Å². The fourth-order valence-electron chi connectivity index (χ4n) is 1.33. The van der Waals surface area contributed by atoms with Crippen molar-refractivity contribution in [2.24, 2.45) is 0 Å². The summed E-state index contributed by atoms with van der Waals surface area (Å²) in [4.78, 5) is 8.02. The van der Waals surface area contributed by atoms with E-state index in [0.717, 1.165) is 5.56 Å². The van der Waals surface area contributed by atoms with Crippen molar-refractivity contribution in [2.45, 2.75) is 0 Å². The lowest BCUT2D eigenvalue weighted by molar-refractivity contribution is 1.17. The van der Waals surface area contributed by atoms with E-state index in [0.29, 0.717) is 16.3 Å². The molecule has 1 heterocycles. The first-order chi connectivity index (χ1) is 8.29. The van der Waals surface area contributed by atoms with Gasteiger partial charge in [0.2, 0.25) is 0 Å². The molecule has 0 aliphatic heterocycles. The van der Waals surface area contributed by atoms with Gasteiger partial charge in [0.15, 0.2) is 0 Å². The zero-order valence-electron chi connectivity index (χ0n) is 8.84. The quantitative estimate of drug-likeness (QED) is 0.759. The Morgan fingerprint density at radius 2 is 2.00 bits per heavy atom. The van der Waals surface area contributed by atoms with Crippen LogP contribution in [0, 0.1) is 11.3 Å². The van der Waals surface area contributed by atoms with Gasteiger partial charge in [0.1, 0.15) is 6.07 Å². The molecule has 0 aliphatic carbocycles. The standard InChI is InChI=1S/C13H8ClN3/c14-12-3-1-10(2-4-12)7-11(8-15)13-9-16-5-6-17-13/h1-7,9H/b11-7-. The van der Waals surface area contributed by atoms with Gasteiger partial charge in [-0.25, -0.2) is 0 Å². The number of hydrogen-bond acceptors (Lipinski definition) is 3. The first-order valence-corrected chi connectivity index (χ1v) is 5.31. The van der Waals surface area contributed by atoms with Crippen LogP contribution in [-0.4, -0.2) is 9.97 Å². The van der Waals surface area contributed by atoms with Crippen molar-refractivity contribution in [1.82, 2.24) is 9.97 Å². The largest absolute Gasteiger partial charge is 0.261 e. The Kier molecular flexibility index (Phi) is 3.49. The maximum Gasteiger partial charge on any atom is 0.101 e. The monoisotopic (exact) mass is 241 g/mol. The van der Waals surface area contributed by atoms with Crippen molar-refractivity contribution in [2.75, 3.05) is 0 Å². The van der Waals surface area contributed by atoms with Gasteiger partial charge in [-0.2, -0.15) is 5.26 Å². The fraction of sp³-hybridized carbons (Fsp3) is 0. The van der Waals surface area contributed by atoms with Crippen LogP contribution in [0.1, 0.15) is 11.3 Å². The first-order valence-electron chi connectivity index (χ1n) is 4.93. The summed E-state index contributed by atoms with van der Waals surface area (Å²) in [6.07, 6.45) is 6.44. The van der Waals surface area contributed by atoms with Crippen LogP contribution < -0.4 is 0 Å². The summed E-state index contributed by atoms with van der Waals surface area (Å²) in [6.45, 7) is 0. The SMILES string of the molecule is N#C/C(=C/c1ccc(Cl)cc1)c1cnccn1. The second-order valence-corrected chi connectivity index (χ2v) is 3.75. The van der Waals surface area contributed by atoms with Crippen LogP contribution in [0.4, 0.5) is 0 Å². The molecule has 0 bridgehead atoms. The molecular weight excluding hydrogens is 234 g/mol. The Balaban J connectivity index is 2.37. The molecule has 0 N–H and O–H groups in total. The minimum absolute atomic E-state index is 0.473. The Bertz CT molecular complexity index is 568. The maximum absolute atomic E-state index is 9.08. The third kappa shape index (κ3) is 2.90. The van der Waals surface area contributed by atoms with Crippen LogP contribution in [0.3, 0.4) is 0 Å². The van der Waals surface area contributed by atoms with E-state index in [-0.39, 0.29) is 0 Å². The molecule has 1 aromatic heterocycles. The third-order valence-corrected chi connectivity index (χ3v) is 2.39. The highest BCUT2D eigenvalue weighted by Gasteiger charge is 2.01. The van der Waals surface area contributed by atoms with Gasteiger partial charge in [0, 0.05) is 17.4 Å². The average molecular weight is 242 g/mol. The zero-order chi connectivity index (χ0) is 12.1. The molecule has 1 aromatic carbocycles. The van der Waals surface area contributed by atoms with Gasteiger partial charge in [-0.15, -0.1) is 0 Å². The van der Waals surface area contributed by atoms with E-state index in [1.165, 1.54) is 0 Å². The highest BCUT2D eigenvalue weighted by Crippen LogP contribution is 2.16. The van der Waals surface area contributed by atoms with Crippen molar-refractivity contribution in [3.8, 4) is 6.07 Å². The average Bonchev–Trinajstić information content (AvgIpc) is 2.39. The minimum Gasteiger partial charge on any atom is -0.261 e. The Hall–Kier alpha value is -2.18. The molecule has 0 atom stereocenters. The normalized spacial score (nSPS) is 10.9. The molecule has 0 fully saturated rings. The molecule has 0 aliphatic rings. The topological polar surface area (TPSA) is 49.6 Å². The van der Waals surface area contributed by atoms with Crippen LogP contribution in [0.25, 0.3) is 11.6 Å². The second kappa shape index (κ2) is 5.24. The lowest BCUT2D eigenvalue weighted by Gasteiger charge is -1.98. The number of rotatable bonds is 2. The van der Waals surface area contributed by atoms with Crippen molar-refractivity contribution in [3.05, 3.63) is 59.1 Å². The minimum atomic E-state index is 0.473. The molecule has 2 aromatic rings. The van der Waals surface area contributed by atoms with Crippen molar-refractivity contribution < 1.29 is 0 Å². The van der Waals surface area contributed by atoms with Crippen LogP contribution in [0.15, 0.2) is 42.9 Å². The molecule has 17 heavy (non-hydrogen) atoms. The van der Waals surface area contributed by atoms with E-state index in [9.17, 15) is 0 Å². The number of nitrogens with zero attached hydrogens (tertiary/aromatic N) is 3. The van der Waals surface area contributed by atoms with E-state index < -0.39 is 0 Å². The van der Waals surface area contributed by atoms with Crippen LogP contribution >= 0.6 is 11.6 Å². The van der Waals surface area contributed by atoms with Crippen molar-refractivity contribution in [1.29, 1.82) is 5.26 Å². The van der Waals surface area contributed by atoms with Gasteiger partial charge < -0.3 is 0 Å². The number of allylic oxidation sites excluding steroid dienone is 1. The van der Waals surface area contributed by atoms with E-state index in [4.69, 9.17) is 16.9 Å². The molecule has 82 valence electrons. The predicted molar refractivity (Wildman–Crippen MR) is 67.0 cm³/mol. The fourth-order valence-corrected chi connectivity index (χ4v) is 1.45. The van der Waals surface area contributed by atoms with Gasteiger partial charge in [-0.1, -0.05) is 23.7 Å². The molecule has 0 spiro atoms. The summed E-state index contributed by atoms with van der Waals surface area (Å²) in [7, 11) is 0. The second-order valence-electron chi connectivity index (χ2n) is 3.31. The van der Waals surface area contributed by atoms with Crippen molar-refractivity contribution in [3.63, 3.8) is 0 Å². The number of hydrogen-bond donors (Lipinski definition) is 0. The summed E-state index contributed by atoms with van der Waals surface area (Å²) < 4.78 is 0. The summed E-state index contributed by atoms with van der Waals surface area (Å²) in [5, 5.41) is 9.75. The zero-order valence-corrected chi connectivity index (χ0v) is 9.59. The van der Waals surface area contributed by atoms with E-state index in [1.807, 2.05) is 12.1 Å². The van der Waals surface area contributed by atoms with E-state index in [2.05, 4.69) is 16.0 Å². The van der Waals surface area contributed by atoms with Crippen LogP contribution in [-0.2, 0) is 0 Å². The molecule has 0 unspecified atom stereocenters. The number of halogens is 1. The number of nitriles is 1. The smallest absolute Gasteiger partial charge is 0.101 e. The van der Waals surface area contributed by atoms with Gasteiger partial charge in [0.05, 0.1) is 17.5 Å². The number of aromatic nitrogens is 2. The summed E-state index contributed by atoms with van der Waals surface area (Å²) in [5.74, 6) is 0. The Morgan fingerprint density at radius 1 is 1.24 bits per heavy atom. The molecule has 0 saturated heterocycles. The molecule has 4 heteroatoms. The highest BCUT2D eigenvalue weighted by molar-refractivity contribution is 6.30. The third-order valence-electron chi connectivity index (χ3n) is 2.14. The van der Waals surface area contributed by atoms with Gasteiger partial charge in [-0.05, 0) is 23.8 Å². The highest BCUT2D eigenvalue weighted by atomic mass is 35.5. The molecule has 0 saturated carbocycles. The summed E-state index contributed by atoms with van der Waals surface area (Å²) in [6, 6.07) is 9.35.